The lowest BCUT2D eigenvalue weighted by Crippen LogP contribution is -2.38. The molecule has 1 saturated heterocycles. The topological polar surface area (TPSA) is 116 Å². The summed E-state index contributed by atoms with van der Waals surface area (Å²) in [6, 6.07) is 0.578. The number of fused-ring (bicyclic) bond motifs is 1. The van der Waals surface area contributed by atoms with Crippen molar-refractivity contribution in [2.45, 2.75) is 49.2 Å². The second-order valence-corrected chi connectivity index (χ2v) is 12.9. The van der Waals surface area contributed by atoms with Gasteiger partial charge in [-0.15, -0.1) is 0 Å². The number of carbonyl (C=O) groups excluding carboxylic acids is 1. The van der Waals surface area contributed by atoms with E-state index >= 15 is 0 Å². The number of alkyl halides is 6. The Morgan fingerprint density at radius 2 is 1.62 bits per heavy atom. The molecule has 0 N–H and O–H groups in total. The van der Waals surface area contributed by atoms with Crippen molar-refractivity contribution in [3.8, 4) is 5.75 Å². The summed E-state index contributed by atoms with van der Waals surface area (Å²) in [5.74, 6) is -2.15. The van der Waals surface area contributed by atoms with Gasteiger partial charge in [0, 0.05) is 34.6 Å². The molecular formula is C20H17Cl2F6N3O6S2. The molecule has 9 nitrogen and oxygen atoms in total. The van der Waals surface area contributed by atoms with Crippen LogP contribution in [0.2, 0.25) is 10.0 Å². The molecule has 19 heteroatoms. The van der Waals surface area contributed by atoms with Crippen molar-refractivity contribution in [3.05, 3.63) is 45.2 Å². The first-order chi connectivity index (χ1) is 17.8. The minimum Gasteiger partial charge on any atom is -0.376 e. The third kappa shape index (κ3) is 5.41. The van der Waals surface area contributed by atoms with Gasteiger partial charge in [0.05, 0.1) is 17.9 Å². The number of halogens is 8. The molecule has 0 saturated carbocycles. The van der Waals surface area contributed by atoms with Crippen LogP contribution in [0, 0.1) is 5.92 Å². The Kier molecular flexibility index (Phi) is 7.62. The highest BCUT2D eigenvalue weighted by Crippen LogP contribution is 2.42. The van der Waals surface area contributed by atoms with Crippen LogP contribution in [0.5, 0.6) is 5.75 Å². The van der Waals surface area contributed by atoms with Crippen LogP contribution < -0.4 is 4.18 Å². The molecule has 2 aromatic rings. The van der Waals surface area contributed by atoms with Gasteiger partial charge < -0.3 is 9.08 Å². The molecule has 1 aliphatic carbocycles. The molecule has 2 unspecified atom stereocenters. The predicted octanol–water partition coefficient (Wildman–Crippen LogP) is 4.58. The molecule has 2 aliphatic rings. The van der Waals surface area contributed by atoms with Crippen molar-refractivity contribution in [1.82, 2.24) is 14.1 Å². The predicted molar refractivity (Wildman–Crippen MR) is 124 cm³/mol. The minimum atomic E-state index is -5.99. The summed E-state index contributed by atoms with van der Waals surface area (Å²) >= 11 is 12.2. The quantitative estimate of drug-likeness (QED) is 0.257. The number of hydrogen-bond acceptors (Lipinski definition) is 7. The average Bonchev–Trinajstić information content (AvgIpc) is 3.38. The number of amides is 1. The number of likely N-dealkylation sites (tertiary alicyclic amines) is 1. The number of aromatic nitrogens is 2. The molecule has 0 radical (unpaired) electrons. The SMILES string of the molecule is O=C1C(Cc2c(Cl)cc(OS(=O)(=O)C(F)(F)F)cc2Cl)CCN1C1CCCc2cnn(S(=O)(=O)C(F)(F)F)c21. The molecule has 1 aromatic carbocycles. The van der Waals surface area contributed by atoms with E-state index < -0.39 is 54.8 Å². The maximum absolute atomic E-state index is 13.3. The maximum atomic E-state index is 13.3. The van der Waals surface area contributed by atoms with Crippen LogP contribution in [0.25, 0.3) is 0 Å². The Hall–Kier alpha value is -2.24. The van der Waals surface area contributed by atoms with Gasteiger partial charge in [0.15, 0.2) is 0 Å². The monoisotopic (exact) mass is 643 g/mol. The molecule has 1 amide bonds. The number of carbonyl (C=O) groups is 1. The van der Waals surface area contributed by atoms with Gasteiger partial charge in [0.1, 0.15) is 5.75 Å². The van der Waals surface area contributed by atoms with E-state index in [0.29, 0.717) is 6.42 Å². The molecule has 1 aromatic heterocycles. The fourth-order valence-electron chi connectivity index (χ4n) is 4.63. The smallest absolute Gasteiger partial charge is 0.376 e. The molecule has 216 valence electrons. The van der Waals surface area contributed by atoms with Crippen LogP contribution in [0.15, 0.2) is 18.3 Å². The Balaban J connectivity index is 1.58. The number of hydrogen-bond donors (Lipinski definition) is 0. The lowest BCUT2D eigenvalue weighted by atomic mass is 9.92. The molecule has 1 aliphatic heterocycles. The summed E-state index contributed by atoms with van der Waals surface area (Å²) in [6.45, 7) is 0.0606. The Morgan fingerprint density at radius 3 is 2.18 bits per heavy atom. The summed E-state index contributed by atoms with van der Waals surface area (Å²) in [5.41, 5.74) is -11.2. The second-order valence-electron chi connectivity index (χ2n) is 8.83. The number of benzene rings is 1. The highest BCUT2D eigenvalue weighted by Gasteiger charge is 2.51. The average molecular weight is 644 g/mol. The third-order valence-corrected chi connectivity index (χ3v) is 9.38. The Bertz CT molecular complexity index is 1500. The van der Waals surface area contributed by atoms with Crippen molar-refractivity contribution in [2.75, 3.05) is 6.54 Å². The van der Waals surface area contributed by atoms with E-state index in [2.05, 4.69) is 9.28 Å². The van der Waals surface area contributed by atoms with Crippen LogP contribution in [0.4, 0.5) is 26.3 Å². The largest absolute Gasteiger partial charge is 0.534 e. The zero-order valence-electron chi connectivity index (χ0n) is 19.3. The number of rotatable bonds is 6. The molecule has 2 heterocycles. The van der Waals surface area contributed by atoms with Gasteiger partial charge in [-0.2, -0.15) is 52.4 Å². The van der Waals surface area contributed by atoms with Gasteiger partial charge in [0.2, 0.25) is 5.91 Å². The second kappa shape index (κ2) is 9.99. The van der Waals surface area contributed by atoms with Crippen molar-refractivity contribution >= 4 is 49.3 Å². The first kappa shape index (κ1) is 29.7. The summed E-state index contributed by atoms with van der Waals surface area (Å²) < 4.78 is 128. The normalized spacial score (nSPS) is 20.8. The van der Waals surface area contributed by atoms with E-state index in [4.69, 9.17) is 23.2 Å². The van der Waals surface area contributed by atoms with Crippen LogP contribution in [0.1, 0.15) is 42.1 Å². The van der Waals surface area contributed by atoms with Gasteiger partial charge in [-0.25, -0.2) is 0 Å². The number of nitrogens with zero attached hydrogens (tertiary/aromatic N) is 3. The van der Waals surface area contributed by atoms with Crippen LogP contribution in [0.3, 0.4) is 0 Å². The molecule has 4 rings (SSSR count). The summed E-state index contributed by atoms with van der Waals surface area (Å²) in [5, 5.41) is 2.89. The van der Waals surface area contributed by atoms with Crippen LogP contribution in [-0.4, -0.2) is 54.4 Å². The summed E-state index contributed by atoms with van der Waals surface area (Å²) in [4.78, 5) is 14.6. The summed E-state index contributed by atoms with van der Waals surface area (Å²) in [7, 11) is -11.8. The lowest BCUT2D eigenvalue weighted by molar-refractivity contribution is -0.133. The van der Waals surface area contributed by atoms with Crippen molar-refractivity contribution in [2.24, 2.45) is 5.92 Å². The Labute approximate surface area is 227 Å². The Morgan fingerprint density at radius 1 is 1.00 bits per heavy atom. The first-order valence-electron chi connectivity index (χ1n) is 11.0. The first-order valence-corrected chi connectivity index (χ1v) is 14.6. The van der Waals surface area contributed by atoms with E-state index in [9.17, 15) is 48.0 Å². The molecule has 1 fully saturated rings. The highest BCUT2D eigenvalue weighted by molar-refractivity contribution is 7.90. The zero-order valence-corrected chi connectivity index (χ0v) is 22.4. The summed E-state index contributed by atoms with van der Waals surface area (Å²) in [6.07, 6.45) is 1.99. The van der Waals surface area contributed by atoms with Crippen LogP contribution in [-0.2, 0) is 37.8 Å². The molecule has 0 bridgehead atoms. The van der Waals surface area contributed by atoms with E-state index in [1.165, 1.54) is 4.90 Å². The van der Waals surface area contributed by atoms with Gasteiger partial charge in [-0.05, 0) is 43.2 Å². The van der Waals surface area contributed by atoms with E-state index in [1.807, 2.05) is 0 Å². The van der Waals surface area contributed by atoms with Gasteiger partial charge in [-0.1, -0.05) is 23.2 Å². The van der Waals surface area contributed by atoms with Crippen molar-refractivity contribution < 1.29 is 52.2 Å². The molecular weight excluding hydrogens is 627 g/mol. The minimum absolute atomic E-state index is 0.0606. The zero-order chi connectivity index (χ0) is 29.1. The standard InChI is InChI=1S/C20H17Cl2F6N3O6S2/c21-14-7-12(37-39(35,36)20(26,27)28)8-15(22)13(14)6-10-4-5-30(18(10)32)16-3-1-2-11-9-29-31(17(11)16)38(33,34)19(23,24)25/h7-10,16H,1-6H2. The third-order valence-electron chi connectivity index (χ3n) is 6.39. The van der Waals surface area contributed by atoms with Gasteiger partial charge >= 0.3 is 31.2 Å². The van der Waals surface area contributed by atoms with Crippen LogP contribution >= 0.6 is 23.2 Å². The highest BCUT2D eigenvalue weighted by atomic mass is 35.5. The maximum Gasteiger partial charge on any atom is 0.534 e. The molecule has 2 atom stereocenters. The van der Waals surface area contributed by atoms with E-state index in [0.717, 1.165) is 18.3 Å². The fourth-order valence-corrected chi connectivity index (χ4v) is 6.56. The van der Waals surface area contributed by atoms with Crippen molar-refractivity contribution in [1.29, 1.82) is 0 Å². The fraction of sp³-hybridized carbons (Fsp3) is 0.500. The molecule has 0 spiro atoms. The van der Waals surface area contributed by atoms with Gasteiger partial charge in [-0.3, -0.25) is 4.79 Å². The van der Waals surface area contributed by atoms with E-state index in [1.54, 1.807) is 0 Å². The van der Waals surface area contributed by atoms with Crippen molar-refractivity contribution in [3.63, 3.8) is 0 Å². The van der Waals surface area contributed by atoms with E-state index in [-0.39, 0.29) is 63.2 Å². The number of aryl methyl sites for hydroxylation is 1. The molecule has 39 heavy (non-hydrogen) atoms. The van der Waals surface area contributed by atoms with Gasteiger partial charge in [0.25, 0.3) is 0 Å². The lowest BCUT2D eigenvalue weighted by Gasteiger charge is -2.32.